The SMILES string of the molecule is CC(NC1CCC(C=O)C1)c1cccc2ccccc12.CN. The van der Waals surface area contributed by atoms with E-state index in [2.05, 4.69) is 60.4 Å². The highest BCUT2D eigenvalue weighted by Crippen LogP contribution is 2.28. The van der Waals surface area contributed by atoms with Crippen molar-refractivity contribution in [3.8, 4) is 0 Å². The molecule has 0 aromatic heterocycles. The molecule has 2 aromatic rings. The zero-order valence-electron chi connectivity index (χ0n) is 13.5. The Labute approximate surface area is 132 Å². The Balaban J connectivity index is 0.000000847. The van der Waals surface area contributed by atoms with Crippen LogP contribution in [0.5, 0.6) is 0 Å². The first kappa shape index (κ1) is 16.7. The molecule has 0 aliphatic heterocycles. The van der Waals surface area contributed by atoms with Crippen molar-refractivity contribution in [3.63, 3.8) is 0 Å². The van der Waals surface area contributed by atoms with Gasteiger partial charge >= 0.3 is 0 Å². The van der Waals surface area contributed by atoms with Crippen LogP contribution in [0.25, 0.3) is 10.8 Å². The van der Waals surface area contributed by atoms with Gasteiger partial charge in [-0.3, -0.25) is 0 Å². The van der Waals surface area contributed by atoms with Crippen LogP contribution in [0.15, 0.2) is 42.5 Å². The molecule has 3 nitrogen and oxygen atoms in total. The van der Waals surface area contributed by atoms with Crippen LogP contribution < -0.4 is 11.1 Å². The number of carbonyl (C=O) groups is 1. The molecule has 1 saturated carbocycles. The fourth-order valence-electron chi connectivity index (χ4n) is 3.36. The van der Waals surface area contributed by atoms with Gasteiger partial charge < -0.3 is 15.8 Å². The van der Waals surface area contributed by atoms with Crippen LogP contribution in [0.2, 0.25) is 0 Å². The number of carbonyl (C=O) groups excluding carboxylic acids is 1. The predicted octanol–water partition coefficient (Wildman–Crippen LogP) is 3.43. The average molecular weight is 298 g/mol. The van der Waals surface area contributed by atoms with E-state index in [1.165, 1.54) is 23.4 Å². The maximum atomic E-state index is 10.9. The molecule has 0 radical (unpaired) electrons. The van der Waals surface area contributed by atoms with E-state index >= 15 is 0 Å². The third-order valence-corrected chi connectivity index (χ3v) is 4.44. The fourth-order valence-corrected chi connectivity index (χ4v) is 3.36. The summed E-state index contributed by atoms with van der Waals surface area (Å²) in [6, 6.07) is 15.8. The molecule has 3 atom stereocenters. The quantitative estimate of drug-likeness (QED) is 0.850. The lowest BCUT2D eigenvalue weighted by Gasteiger charge is -2.21. The van der Waals surface area contributed by atoms with E-state index in [1.54, 1.807) is 0 Å². The largest absolute Gasteiger partial charge is 0.333 e. The Bertz CT molecular complexity index is 606. The summed E-state index contributed by atoms with van der Waals surface area (Å²) in [6.07, 6.45) is 4.24. The van der Waals surface area contributed by atoms with Gasteiger partial charge in [0.2, 0.25) is 0 Å². The van der Waals surface area contributed by atoms with Crippen molar-refractivity contribution in [2.45, 2.75) is 38.3 Å². The van der Waals surface area contributed by atoms with Gasteiger partial charge in [0.15, 0.2) is 0 Å². The summed E-state index contributed by atoms with van der Waals surface area (Å²) in [5.74, 6) is 0.257. The van der Waals surface area contributed by atoms with Gasteiger partial charge in [-0.1, -0.05) is 42.5 Å². The van der Waals surface area contributed by atoms with E-state index in [0.29, 0.717) is 12.1 Å². The summed E-state index contributed by atoms with van der Waals surface area (Å²) in [5, 5.41) is 6.30. The average Bonchev–Trinajstić information content (AvgIpc) is 3.03. The Morgan fingerprint density at radius 1 is 1.14 bits per heavy atom. The van der Waals surface area contributed by atoms with Crippen LogP contribution >= 0.6 is 0 Å². The van der Waals surface area contributed by atoms with Crippen LogP contribution in [0, 0.1) is 5.92 Å². The molecule has 1 aliphatic rings. The number of benzene rings is 2. The van der Waals surface area contributed by atoms with Crippen LogP contribution in [0.4, 0.5) is 0 Å². The second kappa shape index (κ2) is 8.06. The summed E-state index contributed by atoms with van der Waals surface area (Å²) in [6.45, 7) is 2.22. The summed E-state index contributed by atoms with van der Waals surface area (Å²) in [5.41, 5.74) is 5.85. The highest BCUT2D eigenvalue weighted by molar-refractivity contribution is 5.86. The number of nitrogens with one attached hydrogen (secondary N) is 1. The van der Waals surface area contributed by atoms with Gasteiger partial charge in [0, 0.05) is 18.0 Å². The monoisotopic (exact) mass is 298 g/mol. The number of aldehydes is 1. The van der Waals surface area contributed by atoms with Gasteiger partial charge in [0.05, 0.1) is 0 Å². The molecule has 118 valence electrons. The Morgan fingerprint density at radius 3 is 2.59 bits per heavy atom. The van der Waals surface area contributed by atoms with Crippen molar-refractivity contribution in [2.24, 2.45) is 11.7 Å². The number of hydrogen-bond donors (Lipinski definition) is 2. The molecule has 1 aliphatic carbocycles. The Hall–Kier alpha value is -1.71. The maximum absolute atomic E-state index is 10.9. The Kier molecular flexibility index (Phi) is 6.10. The molecular weight excluding hydrogens is 272 g/mol. The molecule has 3 N–H and O–H groups in total. The summed E-state index contributed by atoms with van der Waals surface area (Å²) >= 11 is 0. The lowest BCUT2D eigenvalue weighted by Crippen LogP contribution is -2.29. The van der Waals surface area contributed by atoms with Gasteiger partial charge in [0.1, 0.15) is 6.29 Å². The van der Waals surface area contributed by atoms with E-state index in [1.807, 2.05) is 0 Å². The maximum Gasteiger partial charge on any atom is 0.123 e. The lowest BCUT2D eigenvalue weighted by molar-refractivity contribution is -0.110. The van der Waals surface area contributed by atoms with Crippen LogP contribution in [0.1, 0.15) is 37.8 Å². The summed E-state index contributed by atoms with van der Waals surface area (Å²) in [4.78, 5) is 10.9. The van der Waals surface area contributed by atoms with Crippen LogP contribution in [0.3, 0.4) is 0 Å². The highest BCUT2D eigenvalue weighted by atomic mass is 16.1. The number of rotatable bonds is 4. The van der Waals surface area contributed by atoms with E-state index in [-0.39, 0.29) is 5.92 Å². The van der Waals surface area contributed by atoms with Gasteiger partial charge in [-0.25, -0.2) is 0 Å². The minimum atomic E-state index is 0.257. The number of hydrogen-bond acceptors (Lipinski definition) is 3. The van der Waals surface area contributed by atoms with E-state index in [9.17, 15) is 4.79 Å². The summed E-state index contributed by atoms with van der Waals surface area (Å²) < 4.78 is 0. The van der Waals surface area contributed by atoms with Crippen molar-refractivity contribution < 1.29 is 4.79 Å². The van der Waals surface area contributed by atoms with E-state index in [0.717, 1.165) is 25.5 Å². The first-order valence-corrected chi connectivity index (χ1v) is 8.04. The standard InChI is InChI=1S/C18H21NO.CH5N/c1-13(19-16-10-9-14(11-16)12-20)17-8-4-6-15-5-2-3-7-18(15)17;1-2/h2-8,12-14,16,19H,9-11H2,1H3;2H2,1H3. The number of nitrogens with two attached hydrogens (primary N) is 1. The smallest absolute Gasteiger partial charge is 0.123 e. The normalized spacial score (nSPS) is 22.0. The molecule has 0 bridgehead atoms. The van der Waals surface area contributed by atoms with Crippen molar-refractivity contribution in [2.75, 3.05) is 7.05 Å². The van der Waals surface area contributed by atoms with Crippen molar-refractivity contribution >= 4 is 17.1 Å². The van der Waals surface area contributed by atoms with Crippen LogP contribution in [-0.4, -0.2) is 19.4 Å². The highest BCUT2D eigenvalue weighted by Gasteiger charge is 2.25. The van der Waals surface area contributed by atoms with Crippen molar-refractivity contribution in [1.82, 2.24) is 5.32 Å². The van der Waals surface area contributed by atoms with Gasteiger partial charge in [-0.15, -0.1) is 0 Å². The number of fused-ring (bicyclic) bond motifs is 1. The molecule has 3 heteroatoms. The van der Waals surface area contributed by atoms with Crippen molar-refractivity contribution in [1.29, 1.82) is 0 Å². The predicted molar refractivity (Wildman–Crippen MR) is 92.8 cm³/mol. The minimum absolute atomic E-state index is 0.257. The van der Waals surface area contributed by atoms with E-state index in [4.69, 9.17) is 0 Å². The second-order valence-corrected chi connectivity index (χ2v) is 5.86. The minimum Gasteiger partial charge on any atom is -0.333 e. The first-order chi connectivity index (χ1) is 10.8. The van der Waals surface area contributed by atoms with Crippen LogP contribution in [-0.2, 0) is 4.79 Å². The third-order valence-electron chi connectivity index (χ3n) is 4.44. The zero-order chi connectivity index (χ0) is 15.9. The molecule has 22 heavy (non-hydrogen) atoms. The molecule has 0 heterocycles. The molecule has 0 saturated heterocycles. The molecule has 0 amide bonds. The molecule has 3 rings (SSSR count). The second-order valence-electron chi connectivity index (χ2n) is 5.86. The molecule has 3 unspecified atom stereocenters. The molecule has 0 spiro atoms. The topological polar surface area (TPSA) is 55.1 Å². The van der Waals surface area contributed by atoms with Gasteiger partial charge in [0.25, 0.3) is 0 Å². The first-order valence-electron chi connectivity index (χ1n) is 8.04. The zero-order valence-corrected chi connectivity index (χ0v) is 13.5. The molecular formula is C19H26N2O. The molecule has 2 aromatic carbocycles. The lowest BCUT2D eigenvalue weighted by atomic mass is 9.99. The Morgan fingerprint density at radius 2 is 1.86 bits per heavy atom. The third kappa shape index (κ3) is 3.73. The van der Waals surface area contributed by atoms with Gasteiger partial charge in [-0.05, 0) is 49.6 Å². The molecule has 1 fully saturated rings. The van der Waals surface area contributed by atoms with Gasteiger partial charge in [-0.2, -0.15) is 0 Å². The van der Waals surface area contributed by atoms with Crippen molar-refractivity contribution in [3.05, 3.63) is 48.0 Å². The fraction of sp³-hybridized carbons (Fsp3) is 0.421. The van der Waals surface area contributed by atoms with E-state index < -0.39 is 0 Å². The summed E-state index contributed by atoms with van der Waals surface area (Å²) in [7, 11) is 1.50.